The summed E-state index contributed by atoms with van der Waals surface area (Å²) in [5, 5.41) is 8.68. The van der Waals surface area contributed by atoms with Gasteiger partial charge in [-0.15, -0.1) is 0 Å². The molecule has 0 bridgehead atoms. The molecule has 4 N–H and O–H groups in total. The zero-order valence-electron chi connectivity index (χ0n) is 9.11. The van der Waals surface area contributed by atoms with Crippen molar-refractivity contribution in [3.8, 4) is 0 Å². The van der Waals surface area contributed by atoms with Gasteiger partial charge in [-0.1, -0.05) is 11.6 Å². The molecule has 1 heterocycles. The molecule has 7 heteroatoms. The Balaban J connectivity index is 2.19. The van der Waals surface area contributed by atoms with Crippen molar-refractivity contribution < 1.29 is 4.79 Å². The summed E-state index contributed by atoms with van der Waals surface area (Å²) in [7, 11) is 0. The van der Waals surface area contributed by atoms with E-state index in [2.05, 4.69) is 15.5 Å². The van der Waals surface area contributed by atoms with Gasteiger partial charge in [-0.2, -0.15) is 5.10 Å². The number of aromatic amines is 1. The number of nitrogens with zero attached hydrogens (tertiary/aromatic N) is 1. The van der Waals surface area contributed by atoms with Crippen LogP contribution in [0.15, 0.2) is 35.1 Å². The highest BCUT2D eigenvalue weighted by Crippen LogP contribution is 2.20. The van der Waals surface area contributed by atoms with E-state index in [4.69, 9.17) is 17.3 Å². The second-order valence-corrected chi connectivity index (χ2v) is 3.90. The Labute approximate surface area is 107 Å². The molecule has 0 saturated heterocycles. The number of nitrogens with one attached hydrogen (secondary N) is 2. The average molecular weight is 265 g/mol. The normalized spacial score (nSPS) is 10.1. The zero-order chi connectivity index (χ0) is 13.1. The predicted octanol–water partition coefficient (Wildman–Crippen LogP) is 1.26. The third-order valence-corrected chi connectivity index (χ3v) is 2.51. The molecule has 0 aliphatic rings. The Bertz CT molecular complexity index is 633. The molecule has 0 saturated carbocycles. The fraction of sp³-hybridized carbons (Fsp3) is 0. The van der Waals surface area contributed by atoms with Crippen LogP contribution in [0.2, 0.25) is 5.02 Å². The lowest BCUT2D eigenvalue weighted by atomic mass is 10.2. The molecular formula is C11H9ClN4O2. The van der Waals surface area contributed by atoms with Crippen molar-refractivity contribution in [2.75, 3.05) is 11.1 Å². The lowest BCUT2D eigenvalue weighted by Gasteiger charge is -2.05. The molecular weight excluding hydrogens is 256 g/mol. The molecule has 6 nitrogen and oxygen atoms in total. The number of aromatic nitrogens is 2. The Morgan fingerprint density at radius 3 is 2.72 bits per heavy atom. The van der Waals surface area contributed by atoms with Crippen LogP contribution in [0.25, 0.3) is 0 Å². The topological polar surface area (TPSA) is 101 Å². The van der Waals surface area contributed by atoms with Crippen molar-refractivity contribution in [1.29, 1.82) is 0 Å². The number of hydrogen-bond acceptors (Lipinski definition) is 4. The Kier molecular flexibility index (Phi) is 3.29. The number of halogens is 1. The lowest BCUT2D eigenvalue weighted by molar-refractivity contribution is 0.102. The Morgan fingerprint density at radius 1 is 1.33 bits per heavy atom. The van der Waals surface area contributed by atoms with Crippen molar-refractivity contribution in [1.82, 2.24) is 10.2 Å². The lowest BCUT2D eigenvalue weighted by Crippen LogP contribution is -2.15. The first-order chi connectivity index (χ1) is 8.56. The minimum atomic E-state index is -0.392. The second kappa shape index (κ2) is 4.89. The Hall–Kier alpha value is -2.34. The number of benzene rings is 1. The first-order valence-electron chi connectivity index (χ1n) is 4.98. The van der Waals surface area contributed by atoms with Crippen LogP contribution in [-0.4, -0.2) is 16.1 Å². The number of amides is 1. The van der Waals surface area contributed by atoms with E-state index in [0.717, 1.165) is 0 Å². The maximum Gasteiger partial charge on any atom is 0.264 e. The van der Waals surface area contributed by atoms with Crippen molar-refractivity contribution in [3.05, 3.63) is 51.3 Å². The van der Waals surface area contributed by atoms with Gasteiger partial charge in [0.15, 0.2) is 5.82 Å². The number of rotatable bonds is 2. The summed E-state index contributed by atoms with van der Waals surface area (Å²) in [4.78, 5) is 22.6. The van der Waals surface area contributed by atoms with E-state index in [1.165, 1.54) is 24.3 Å². The molecule has 2 rings (SSSR count). The fourth-order valence-corrected chi connectivity index (χ4v) is 1.45. The highest BCUT2D eigenvalue weighted by molar-refractivity contribution is 6.33. The van der Waals surface area contributed by atoms with Gasteiger partial charge in [0, 0.05) is 11.6 Å². The summed E-state index contributed by atoms with van der Waals surface area (Å²) in [6, 6.07) is 7.20. The van der Waals surface area contributed by atoms with Gasteiger partial charge in [-0.05, 0) is 24.3 Å². The maximum atomic E-state index is 11.8. The summed E-state index contributed by atoms with van der Waals surface area (Å²) < 4.78 is 0. The molecule has 0 radical (unpaired) electrons. The predicted molar refractivity (Wildman–Crippen MR) is 68.7 cm³/mol. The van der Waals surface area contributed by atoms with Crippen LogP contribution in [0, 0.1) is 0 Å². The summed E-state index contributed by atoms with van der Waals surface area (Å²) in [5.41, 5.74) is 5.95. The van der Waals surface area contributed by atoms with Gasteiger partial charge in [0.05, 0.1) is 10.7 Å². The quantitative estimate of drug-likeness (QED) is 0.711. The molecule has 0 unspecified atom stereocenters. The van der Waals surface area contributed by atoms with Gasteiger partial charge in [-0.25, -0.2) is 5.10 Å². The number of carbonyl (C=O) groups is 1. The summed E-state index contributed by atoms with van der Waals surface area (Å²) in [6.45, 7) is 0. The molecule has 1 amide bonds. The third kappa shape index (κ3) is 2.67. The highest BCUT2D eigenvalue weighted by Gasteiger charge is 2.08. The van der Waals surface area contributed by atoms with Crippen molar-refractivity contribution in [2.24, 2.45) is 0 Å². The van der Waals surface area contributed by atoms with E-state index in [1.807, 2.05) is 0 Å². The van der Waals surface area contributed by atoms with Crippen LogP contribution < -0.4 is 16.6 Å². The van der Waals surface area contributed by atoms with Gasteiger partial charge in [-0.3, -0.25) is 9.59 Å². The van der Waals surface area contributed by atoms with E-state index in [1.54, 1.807) is 6.07 Å². The molecule has 92 valence electrons. The molecule has 18 heavy (non-hydrogen) atoms. The smallest absolute Gasteiger partial charge is 0.264 e. The molecule has 1 aromatic carbocycles. The van der Waals surface area contributed by atoms with Crippen molar-refractivity contribution in [2.45, 2.75) is 0 Å². The van der Waals surface area contributed by atoms with Crippen LogP contribution in [-0.2, 0) is 0 Å². The highest BCUT2D eigenvalue weighted by atomic mass is 35.5. The van der Waals surface area contributed by atoms with Gasteiger partial charge >= 0.3 is 0 Å². The molecule has 0 aliphatic carbocycles. The Morgan fingerprint density at radius 2 is 2.11 bits per heavy atom. The average Bonchev–Trinajstić information content (AvgIpc) is 2.35. The monoisotopic (exact) mass is 264 g/mol. The summed E-state index contributed by atoms with van der Waals surface area (Å²) in [6.07, 6.45) is 0. The fourth-order valence-electron chi connectivity index (χ4n) is 1.27. The van der Waals surface area contributed by atoms with E-state index in [0.29, 0.717) is 16.3 Å². The first kappa shape index (κ1) is 12.1. The SMILES string of the molecule is Nc1ccc(C(=O)Nc2ccc(=O)[nH]n2)cc1Cl. The summed E-state index contributed by atoms with van der Waals surface area (Å²) in [5.74, 6) is -0.149. The summed E-state index contributed by atoms with van der Waals surface area (Å²) >= 11 is 5.81. The maximum absolute atomic E-state index is 11.8. The van der Waals surface area contributed by atoms with E-state index < -0.39 is 5.91 Å². The number of nitrogens with two attached hydrogens (primary N) is 1. The van der Waals surface area contributed by atoms with Crippen LogP contribution in [0.4, 0.5) is 11.5 Å². The van der Waals surface area contributed by atoms with E-state index in [9.17, 15) is 9.59 Å². The number of hydrogen-bond donors (Lipinski definition) is 3. The molecule has 1 aromatic heterocycles. The van der Waals surface area contributed by atoms with Crippen molar-refractivity contribution in [3.63, 3.8) is 0 Å². The van der Waals surface area contributed by atoms with Crippen LogP contribution in [0.1, 0.15) is 10.4 Å². The van der Waals surface area contributed by atoms with Crippen LogP contribution in [0.3, 0.4) is 0 Å². The van der Waals surface area contributed by atoms with E-state index >= 15 is 0 Å². The number of H-pyrrole nitrogens is 1. The number of nitrogen functional groups attached to an aromatic ring is 1. The van der Waals surface area contributed by atoms with Gasteiger partial charge in [0.2, 0.25) is 0 Å². The van der Waals surface area contributed by atoms with Gasteiger partial charge in [0.25, 0.3) is 11.5 Å². The minimum Gasteiger partial charge on any atom is -0.398 e. The first-order valence-corrected chi connectivity index (χ1v) is 5.36. The second-order valence-electron chi connectivity index (χ2n) is 3.50. The molecule has 0 spiro atoms. The van der Waals surface area contributed by atoms with E-state index in [-0.39, 0.29) is 11.4 Å². The van der Waals surface area contributed by atoms with Crippen LogP contribution in [0.5, 0.6) is 0 Å². The third-order valence-electron chi connectivity index (χ3n) is 2.18. The largest absolute Gasteiger partial charge is 0.398 e. The number of carbonyl (C=O) groups excluding carboxylic acids is 1. The van der Waals surface area contributed by atoms with Crippen LogP contribution >= 0.6 is 11.6 Å². The van der Waals surface area contributed by atoms with Crippen molar-refractivity contribution >= 4 is 29.0 Å². The number of anilines is 2. The molecule has 0 fully saturated rings. The van der Waals surface area contributed by atoms with Gasteiger partial charge < -0.3 is 11.1 Å². The molecule has 0 atom stereocenters. The standard InChI is InChI=1S/C11H9ClN4O2/c12-7-5-6(1-2-8(7)13)11(18)14-9-3-4-10(17)16-15-9/h1-5H,13H2,(H,16,17)(H,14,15,18). The molecule has 2 aromatic rings. The zero-order valence-corrected chi connectivity index (χ0v) is 9.86. The molecule has 0 aliphatic heterocycles. The minimum absolute atomic E-state index is 0.243. The van der Waals surface area contributed by atoms with Gasteiger partial charge in [0.1, 0.15) is 0 Å².